The molecule has 2 heteroatoms. The molecule has 0 heterocycles. The molecule has 0 aromatic rings. The lowest BCUT2D eigenvalue weighted by molar-refractivity contribution is 0.186. The lowest BCUT2D eigenvalue weighted by Gasteiger charge is -1.92. The number of rotatable bonds is 6. The molecule has 0 spiro atoms. The molecule has 0 fully saturated rings. The summed E-state index contributed by atoms with van der Waals surface area (Å²) in [5.74, 6) is 1.60. The van der Waals surface area contributed by atoms with Crippen molar-refractivity contribution in [1.29, 1.82) is 0 Å². The molecule has 0 atom stereocenters. The van der Waals surface area contributed by atoms with Gasteiger partial charge in [0.05, 0.1) is 12.7 Å². The molecule has 0 aromatic heterocycles. The van der Waals surface area contributed by atoms with Gasteiger partial charge in [-0.3, -0.25) is 0 Å². The Hall–Kier alpha value is -0.590. The third-order valence-corrected chi connectivity index (χ3v) is 1.27. The van der Waals surface area contributed by atoms with Crippen LogP contribution in [-0.2, 0) is 9.90 Å². The maximum absolute atomic E-state index is 9.94. The molecular formula is C8H12O2. The van der Waals surface area contributed by atoms with E-state index < -0.39 is 0 Å². The number of unbranched alkanes of at least 4 members (excludes halogenated alkanes) is 4. The highest BCUT2D eigenvalue weighted by Gasteiger charge is 1.87. The first kappa shape index (κ1) is 9.41. The Morgan fingerprint density at radius 2 is 1.70 bits per heavy atom. The van der Waals surface area contributed by atoms with Crippen LogP contribution in [0.5, 0.6) is 0 Å². The second-order valence-electron chi connectivity index (χ2n) is 2.15. The molecule has 0 rings (SSSR count). The molecule has 10 heavy (non-hydrogen) atoms. The van der Waals surface area contributed by atoms with Crippen LogP contribution in [0.1, 0.15) is 32.1 Å². The van der Waals surface area contributed by atoms with Gasteiger partial charge in [-0.1, -0.05) is 12.8 Å². The summed E-state index contributed by atoms with van der Waals surface area (Å²) >= 11 is 0. The van der Waals surface area contributed by atoms with Gasteiger partial charge in [-0.05, 0) is 19.3 Å². The van der Waals surface area contributed by atoms with Gasteiger partial charge in [0, 0.05) is 0 Å². The van der Waals surface area contributed by atoms with E-state index in [2.05, 4.69) is 6.08 Å². The minimum atomic E-state index is 0.0211. The average molecular weight is 140 g/mol. The summed E-state index contributed by atoms with van der Waals surface area (Å²) in [7, 11) is 0. The van der Waals surface area contributed by atoms with Crippen molar-refractivity contribution < 1.29 is 9.90 Å². The van der Waals surface area contributed by atoms with Gasteiger partial charge in [-0.15, -0.1) is 0 Å². The van der Waals surface area contributed by atoms with Crippen LogP contribution in [0.25, 0.3) is 0 Å². The van der Waals surface area contributed by atoms with Crippen molar-refractivity contribution in [2.75, 3.05) is 6.61 Å². The Kier molecular flexibility index (Phi) is 7.91. The number of allylic oxidation sites excluding steroid dienone is 1. The smallest absolute Gasteiger partial charge is 0.128 e. The average Bonchev–Trinajstić information content (AvgIpc) is 1.97. The maximum atomic E-state index is 9.94. The van der Waals surface area contributed by atoms with Crippen molar-refractivity contribution in [2.24, 2.45) is 0 Å². The molecule has 0 aliphatic rings. The number of hydrogen-bond acceptors (Lipinski definition) is 1. The van der Waals surface area contributed by atoms with E-state index in [1.165, 1.54) is 0 Å². The third kappa shape index (κ3) is 7.41. The topological polar surface area (TPSA) is 37.0 Å². The summed E-state index contributed by atoms with van der Waals surface area (Å²) in [6.07, 6.45) is 6.83. The minimum Gasteiger partial charge on any atom is -0.237 e. The van der Waals surface area contributed by atoms with E-state index >= 15 is 0 Å². The molecule has 0 saturated heterocycles. The van der Waals surface area contributed by atoms with E-state index in [1.807, 2.05) is 0 Å². The van der Waals surface area contributed by atoms with Gasteiger partial charge in [-0.25, -0.2) is 9.90 Å². The van der Waals surface area contributed by atoms with Crippen LogP contribution in [0.15, 0.2) is 0 Å². The van der Waals surface area contributed by atoms with Crippen molar-refractivity contribution in [2.45, 2.75) is 32.1 Å². The second kappa shape index (κ2) is 8.41. The van der Waals surface area contributed by atoms with E-state index in [0.717, 1.165) is 25.7 Å². The van der Waals surface area contributed by atoms with E-state index in [1.54, 1.807) is 5.94 Å². The monoisotopic (exact) mass is 140 g/mol. The first-order chi connectivity index (χ1) is 4.91. The van der Waals surface area contributed by atoms with Crippen molar-refractivity contribution in [3.8, 4) is 0 Å². The zero-order valence-corrected chi connectivity index (χ0v) is 6.06. The van der Waals surface area contributed by atoms with Gasteiger partial charge < -0.3 is 0 Å². The lowest BCUT2D eigenvalue weighted by atomic mass is 10.1. The Balaban J connectivity index is 2.83. The molecule has 2 radical (unpaired) electrons. The molecule has 0 aliphatic carbocycles. The minimum absolute atomic E-state index is 0.0211. The Labute approximate surface area is 61.6 Å². The fourth-order valence-electron chi connectivity index (χ4n) is 0.720. The molecule has 0 bridgehead atoms. The third-order valence-electron chi connectivity index (χ3n) is 1.27. The summed E-state index contributed by atoms with van der Waals surface area (Å²) in [5, 5.41) is 9.94. The Bertz CT molecular complexity index is 104. The zero-order chi connectivity index (χ0) is 7.66. The molecule has 0 amide bonds. The van der Waals surface area contributed by atoms with Crippen LogP contribution in [0.3, 0.4) is 0 Å². The maximum Gasteiger partial charge on any atom is 0.128 e. The van der Waals surface area contributed by atoms with Crippen molar-refractivity contribution in [1.82, 2.24) is 0 Å². The standard InChI is InChI=1S/C8H12O2/c9-7-5-3-1-2-4-6-8-10/h1-5,7H2. The zero-order valence-electron chi connectivity index (χ0n) is 6.06. The molecule has 2 nitrogen and oxygen atoms in total. The quantitative estimate of drug-likeness (QED) is 0.407. The van der Waals surface area contributed by atoms with Crippen LogP contribution in [0.4, 0.5) is 0 Å². The molecule has 0 aromatic carbocycles. The SMILES string of the molecule is [O]CCCCCC[C]=C=O. The van der Waals surface area contributed by atoms with E-state index in [4.69, 9.17) is 0 Å². The first-order valence-electron chi connectivity index (χ1n) is 3.60. The Morgan fingerprint density at radius 1 is 1.00 bits per heavy atom. The summed E-state index contributed by atoms with van der Waals surface area (Å²) in [6, 6.07) is 0. The van der Waals surface area contributed by atoms with Gasteiger partial charge >= 0.3 is 0 Å². The van der Waals surface area contributed by atoms with Gasteiger partial charge in [0.2, 0.25) is 0 Å². The summed E-state index contributed by atoms with van der Waals surface area (Å²) in [5.41, 5.74) is 0. The van der Waals surface area contributed by atoms with E-state index in [-0.39, 0.29) is 6.61 Å². The molecular weight excluding hydrogens is 128 g/mol. The fraction of sp³-hybridized carbons (Fsp3) is 0.750. The van der Waals surface area contributed by atoms with Crippen LogP contribution < -0.4 is 0 Å². The highest BCUT2D eigenvalue weighted by atomic mass is 16.2. The normalized spacial score (nSPS) is 8.90. The van der Waals surface area contributed by atoms with Gasteiger partial charge in [0.15, 0.2) is 0 Å². The lowest BCUT2D eigenvalue weighted by Crippen LogP contribution is -1.81. The molecule has 0 N–H and O–H groups in total. The van der Waals surface area contributed by atoms with Gasteiger partial charge in [-0.2, -0.15) is 0 Å². The van der Waals surface area contributed by atoms with Crippen LogP contribution in [0, 0.1) is 6.08 Å². The highest BCUT2D eigenvalue weighted by molar-refractivity contribution is 5.40. The van der Waals surface area contributed by atoms with Crippen LogP contribution in [0.2, 0.25) is 0 Å². The van der Waals surface area contributed by atoms with Crippen LogP contribution >= 0.6 is 0 Å². The van der Waals surface area contributed by atoms with Gasteiger partial charge in [0.1, 0.15) is 5.94 Å². The molecule has 0 unspecified atom stereocenters. The van der Waals surface area contributed by atoms with Crippen LogP contribution in [-0.4, -0.2) is 12.5 Å². The predicted molar refractivity (Wildman–Crippen MR) is 37.6 cm³/mol. The molecule has 0 saturated carbocycles. The fourth-order valence-corrected chi connectivity index (χ4v) is 0.720. The van der Waals surface area contributed by atoms with Gasteiger partial charge in [0.25, 0.3) is 0 Å². The van der Waals surface area contributed by atoms with Crippen molar-refractivity contribution >= 4 is 5.94 Å². The Morgan fingerprint density at radius 3 is 2.30 bits per heavy atom. The molecule has 56 valence electrons. The summed E-state index contributed by atoms with van der Waals surface area (Å²) in [4.78, 5) is 9.61. The van der Waals surface area contributed by atoms with Crippen molar-refractivity contribution in [3.05, 3.63) is 6.08 Å². The summed E-state index contributed by atoms with van der Waals surface area (Å²) in [6.45, 7) is 0.0211. The van der Waals surface area contributed by atoms with E-state index in [9.17, 15) is 9.90 Å². The largest absolute Gasteiger partial charge is 0.237 e. The molecule has 0 aliphatic heterocycles. The van der Waals surface area contributed by atoms with E-state index in [0.29, 0.717) is 6.42 Å². The van der Waals surface area contributed by atoms with Crippen molar-refractivity contribution in [3.63, 3.8) is 0 Å². The highest BCUT2D eigenvalue weighted by Crippen LogP contribution is 2.01. The predicted octanol–water partition coefficient (Wildman–Crippen LogP) is 1.56. The first-order valence-corrected chi connectivity index (χ1v) is 3.60. The number of carbonyl (C=O) groups excluding carboxylic acids is 1. The summed E-state index contributed by atoms with van der Waals surface area (Å²) < 4.78 is 0. The second-order valence-corrected chi connectivity index (χ2v) is 2.15. The number of hydrogen-bond donors (Lipinski definition) is 0.